The Balaban J connectivity index is 0.00000334. The number of hydrogen-bond acceptors (Lipinski definition) is 7. The lowest BCUT2D eigenvalue weighted by molar-refractivity contribution is -0.420. The summed E-state index contributed by atoms with van der Waals surface area (Å²) < 4.78 is 0. The third kappa shape index (κ3) is 10.9. The van der Waals surface area contributed by atoms with E-state index in [9.17, 15) is 10.1 Å². The van der Waals surface area contributed by atoms with Gasteiger partial charge in [-0.3, -0.25) is 10.1 Å². The number of nitrogens with one attached hydrogen (secondary N) is 3. The topological polar surface area (TPSA) is 105 Å². The highest BCUT2D eigenvalue weighted by Gasteiger charge is 2.18. The van der Waals surface area contributed by atoms with E-state index in [0.717, 1.165) is 41.8 Å². The quantitative estimate of drug-likeness (QED) is 0.146. The third-order valence-electron chi connectivity index (χ3n) is 6.31. The smallest absolute Gasteiger partial charge is 0.271 e. The molecule has 0 saturated heterocycles. The lowest BCUT2D eigenvalue weighted by Gasteiger charge is -2.21. The van der Waals surface area contributed by atoms with Crippen LogP contribution < -0.4 is 16.2 Å². The maximum absolute atomic E-state index is 11.6. The summed E-state index contributed by atoms with van der Waals surface area (Å²) in [5.41, 5.74) is 11.1. The van der Waals surface area contributed by atoms with Gasteiger partial charge >= 0.3 is 0 Å². The molecule has 0 aliphatic heterocycles. The average molecular weight is 513 g/mol. The Bertz CT molecular complexity index is 959. The first kappa shape index (κ1) is 32.0. The van der Waals surface area contributed by atoms with Crippen LogP contribution in [0.15, 0.2) is 58.6 Å². The minimum absolute atomic E-state index is 0.109. The molecule has 1 aliphatic rings. The van der Waals surface area contributed by atoms with Gasteiger partial charge in [-0.1, -0.05) is 65.5 Å². The molecule has 37 heavy (non-hydrogen) atoms. The molecule has 1 fully saturated rings. The SMILES string of the molecule is CC.CC/C=C(C)/C(=C\C=C(C)\C(NNC)=C(\CCC)CNc1nccc(C2CCCCC2)n1)[N+](=O)[O-]. The molecular weight excluding hydrogens is 464 g/mol. The van der Waals surface area contributed by atoms with Crippen LogP contribution in [0.2, 0.25) is 0 Å². The lowest BCUT2D eigenvalue weighted by atomic mass is 9.87. The summed E-state index contributed by atoms with van der Waals surface area (Å²) in [4.78, 5) is 20.5. The van der Waals surface area contributed by atoms with Crippen LogP contribution in [0.4, 0.5) is 5.95 Å². The van der Waals surface area contributed by atoms with Crippen LogP contribution in [0.25, 0.3) is 0 Å². The van der Waals surface area contributed by atoms with Crippen molar-refractivity contribution in [1.29, 1.82) is 0 Å². The van der Waals surface area contributed by atoms with E-state index in [0.29, 0.717) is 24.0 Å². The van der Waals surface area contributed by atoms with Gasteiger partial charge in [-0.25, -0.2) is 15.4 Å². The van der Waals surface area contributed by atoms with Crippen molar-refractivity contribution in [3.8, 4) is 0 Å². The van der Waals surface area contributed by atoms with E-state index in [4.69, 9.17) is 4.98 Å². The zero-order valence-corrected chi connectivity index (χ0v) is 24.0. The Kier molecular flexibility index (Phi) is 15.8. The zero-order valence-electron chi connectivity index (χ0n) is 24.0. The Morgan fingerprint density at radius 3 is 2.43 bits per heavy atom. The Labute approximate surface area is 224 Å². The molecule has 0 atom stereocenters. The first-order chi connectivity index (χ1) is 17.9. The first-order valence-corrected chi connectivity index (χ1v) is 13.8. The Morgan fingerprint density at radius 1 is 1.14 bits per heavy atom. The van der Waals surface area contributed by atoms with E-state index in [1.807, 2.05) is 53.1 Å². The van der Waals surface area contributed by atoms with E-state index >= 15 is 0 Å². The standard InChI is InChI=1S/C27H42N6O2.C2H6/c1-6-11-20(3)25(33(34)35)16-15-21(4)26(32-28-5)23(12-7-2)19-30-27-29-18-17-24(31-27)22-13-9-8-10-14-22;1-2/h11,15-18,22,28,32H,6-10,12-14,19H2,1-5H3,(H,29,30,31);1-2H3/b20-11+,21-15+,25-16+,26-23+;. The van der Waals surface area contributed by atoms with E-state index in [1.54, 1.807) is 19.1 Å². The molecule has 206 valence electrons. The summed E-state index contributed by atoms with van der Waals surface area (Å²) in [6.45, 7) is 12.4. The van der Waals surface area contributed by atoms with Crippen molar-refractivity contribution >= 4 is 5.95 Å². The summed E-state index contributed by atoms with van der Waals surface area (Å²) in [6, 6.07) is 2.04. The molecule has 0 amide bonds. The van der Waals surface area contributed by atoms with Crippen molar-refractivity contribution in [3.63, 3.8) is 0 Å². The normalized spacial score (nSPS) is 15.9. The monoisotopic (exact) mass is 512 g/mol. The van der Waals surface area contributed by atoms with Gasteiger partial charge in [0.2, 0.25) is 5.95 Å². The van der Waals surface area contributed by atoms with Gasteiger partial charge in [0, 0.05) is 43.1 Å². The van der Waals surface area contributed by atoms with Crippen molar-refractivity contribution in [2.24, 2.45) is 0 Å². The molecule has 0 bridgehead atoms. The highest BCUT2D eigenvalue weighted by Crippen LogP contribution is 2.31. The predicted molar refractivity (Wildman–Crippen MR) is 155 cm³/mol. The predicted octanol–water partition coefficient (Wildman–Crippen LogP) is 7.20. The molecule has 1 saturated carbocycles. The summed E-state index contributed by atoms with van der Waals surface area (Å²) in [5, 5.41) is 15.0. The van der Waals surface area contributed by atoms with Gasteiger partial charge in [0.1, 0.15) is 0 Å². The van der Waals surface area contributed by atoms with E-state index < -0.39 is 0 Å². The second-order valence-corrected chi connectivity index (χ2v) is 9.05. The van der Waals surface area contributed by atoms with Gasteiger partial charge in [0.25, 0.3) is 5.70 Å². The van der Waals surface area contributed by atoms with Gasteiger partial charge in [-0.2, -0.15) is 0 Å². The number of anilines is 1. The van der Waals surface area contributed by atoms with Gasteiger partial charge in [0.15, 0.2) is 0 Å². The number of nitrogens with zero attached hydrogens (tertiary/aromatic N) is 3. The van der Waals surface area contributed by atoms with Crippen LogP contribution in [0.3, 0.4) is 0 Å². The van der Waals surface area contributed by atoms with Crippen LogP contribution in [0, 0.1) is 10.1 Å². The average Bonchev–Trinajstić information content (AvgIpc) is 2.91. The minimum atomic E-state index is -0.328. The maximum Gasteiger partial charge on any atom is 0.271 e. The molecule has 1 aromatic heterocycles. The van der Waals surface area contributed by atoms with Crippen LogP contribution in [-0.4, -0.2) is 28.5 Å². The highest BCUT2D eigenvalue weighted by molar-refractivity contribution is 5.40. The molecule has 0 spiro atoms. The van der Waals surface area contributed by atoms with Crippen LogP contribution in [-0.2, 0) is 0 Å². The Morgan fingerprint density at radius 2 is 1.84 bits per heavy atom. The number of aromatic nitrogens is 2. The second-order valence-electron chi connectivity index (χ2n) is 9.05. The summed E-state index contributed by atoms with van der Waals surface area (Å²) in [6.07, 6.45) is 15.9. The summed E-state index contributed by atoms with van der Waals surface area (Å²) in [7, 11) is 1.81. The molecule has 8 nitrogen and oxygen atoms in total. The Hall–Kier alpha value is -3.00. The van der Waals surface area contributed by atoms with E-state index in [2.05, 4.69) is 28.1 Å². The zero-order chi connectivity index (χ0) is 27.6. The number of nitro groups is 1. The molecule has 0 aromatic carbocycles. The fourth-order valence-electron chi connectivity index (χ4n) is 4.50. The van der Waals surface area contributed by atoms with Crippen LogP contribution in [0.5, 0.6) is 0 Å². The van der Waals surface area contributed by atoms with Crippen LogP contribution in [0.1, 0.15) is 105 Å². The fraction of sp³-hybridized carbons (Fsp3) is 0.586. The molecule has 2 rings (SSSR count). The second kappa shape index (κ2) is 18.3. The molecule has 1 aromatic rings. The number of hydrogen-bond donors (Lipinski definition) is 3. The van der Waals surface area contributed by atoms with Crippen molar-refractivity contribution < 1.29 is 4.92 Å². The lowest BCUT2D eigenvalue weighted by Crippen LogP contribution is -2.30. The molecule has 8 heteroatoms. The van der Waals surface area contributed by atoms with Crippen molar-refractivity contribution in [2.75, 3.05) is 18.9 Å². The van der Waals surface area contributed by atoms with E-state index in [-0.39, 0.29) is 10.6 Å². The molecule has 3 N–H and O–H groups in total. The van der Waals surface area contributed by atoms with Gasteiger partial charge in [0.05, 0.1) is 10.6 Å². The minimum Gasteiger partial charge on any atom is -0.350 e. The van der Waals surface area contributed by atoms with Crippen molar-refractivity contribution in [3.05, 3.63) is 74.4 Å². The van der Waals surface area contributed by atoms with Gasteiger partial charge < -0.3 is 10.7 Å². The number of hydrazine groups is 1. The molecule has 1 heterocycles. The van der Waals surface area contributed by atoms with Gasteiger partial charge in [-0.15, -0.1) is 0 Å². The molecular formula is C29H48N6O2. The summed E-state index contributed by atoms with van der Waals surface area (Å²) >= 11 is 0. The van der Waals surface area contributed by atoms with E-state index in [1.165, 1.54) is 32.1 Å². The fourth-order valence-corrected chi connectivity index (χ4v) is 4.50. The first-order valence-electron chi connectivity index (χ1n) is 13.8. The third-order valence-corrected chi connectivity index (χ3v) is 6.31. The largest absolute Gasteiger partial charge is 0.350 e. The van der Waals surface area contributed by atoms with Crippen LogP contribution >= 0.6 is 0 Å². The van der Waals surface area contributed by atoms with Gasteiger partial charge in [-0.05, 0) is 56.7 Å². The maximum atomic E-state index is 11.6. The summed E-state index contributed by atoms with van der Waals surface area (Å²) in [5.74, 6) is 1.17. The molecule has 1 aliphatic carbocycles. The number of allylic oxidation sites excluding steroid dienone is 5. The molecule has 0 radical (unpaired) electrons. The molecule has 0 unspecified atom stereocenters. The number of rotatable bonds is 13. The van der Waals surface area contributed by atoms with Crippen molar-refractivity contribution in [2.45, 2.75) is 98.8 Å². The highest BCUT2D eigenvalue weighted by atomic mass is 16.6. The van der Waals surface area contributed by atoms with Crippen molar-refractivity contribution in [1.82, 2.24) is 20.8 Å².